The molecule has 1 fully saturated rings. The molecule has 5 rings (SSSR count). The lowest BCUT2D eigenvalue weighted by atomic mass is 10.00. The second-order valence-electron chi connectivity index (χ2n) is 9.37. The van der Waals surface area contributed by atoms with E-state index in [0.717, 1.165) is 38.9 Å². The molecular formula is C30H33N5O6. The number of hydrogen-bond donors (Lipinski definition) is 2. The van der Waals surface area contributed by atoms with E-state index >= 15 is 0 Å². The van der Waals surface area contributed by atoms with Crippen molar-refractivity contribution in [1.29, 1.82) is 0 Å². The zero-order valence-corrected chi connectivity index (χ0v) is 22.5. The molecule has 0 spiro atoms. The summed E-state index contributed by atoms with van der Waals surface area (Å²) in [6.07, 6.45) is 5.89. The summed E-state index contributed by atoms with van der Waals surface area (Å²) in [5.74, 6) is -1.94. The molecule has 4 aromatic rings. The van der Waals surface area contributed by atoms with Crippen LogP contribution in [0.2, 0.25) is 0 Å². The van der Waals surface area contributed by atoms with Gasteiger partial charge >= 0.3 is 11.9 Å². The Bertz CT molecular complexity index is 1350. The lowest BCUT2D eigenvalue weighted by molar-refractivity contribution is -0.134. The number of rotatable bonds is 11. The summed E-state index contributed by atoms with van der Waals surface area (Å²) in [5.41, 5.74) is 3.14. The number of carboxylic acid groups (broad SMARTS) is 2. The molecule has 214 valence electrons. The van der Waals surface area contributed by atoms with Gasteiger partial charge in [-0.1, -0.05) is 60.7 Å². The Morgan fingerprint density at radius 2 is 1.51 bits per heavy atom. The Morgan fingerprint density at radius 3 is 2.10 bits per heavy atom. The maximum absolute atomic E-state index is 9.55. The maximum atomic E-state index is 9.55. The summed E-state index contributed by atoms with van der Waals surface area (Å²) >= 11 is 0. The number of hydrogen-bond acceptors (Lipinski definition) is 8. The zero-order valence-electron chi connectivity index (χ0n) is 22.5. The van der Waals surface area contributed by atoms with Crippen LogP contribution in [0.15, 0.2) is 91.3 Å². The minimum absolute atomic E-state index is 0.0211. The second-order valence-corrected chi connectivity index (χ2v) is 9.37. The van der Waals surface area contributed by atoms with Gasteiger partial charge in [-0.05, 0) is 36.5 Å². The van der Waals surface area contributed by atoms with Crippen LogP contribution in [-0.4, -0.2) is 79.2 Å². The highest BCUT2D eigenvalue weighted by atomic mass is 16.5. The molecule has 0 bridgehead atoms. The lowest BCUT2D eigenvalue weighted by Crippen LogP contribution is -2.38. The van der Waals surface area contributed by atoms with Gasteiger partial charge in [0.1, 0.15) is 12.4 Å². The van der Waals surface area contributed by atoms with Gasteiger partial charge < -0.3 is 24.6 Å². The van der Waals surface area contributed by atoms with Gasteiger partial charge in [0.05, 0.1) is 12.7 Å². The average molecular weight is 560 g/mol. The highest BCUT2D eigenvalue weighted by molar-refractivity contribution is 5.89. The van der Waals surface area contributed by atoms with Crippen LogP contribution in [0.1, 0.15) is 36.5 Å². The number of carboxylic acids is 2. The third-order valence-corrected chi connectivity index (χ3v) is 6.43. The van der Waals surface area contributed by atoms with E-state index in [-0.39, 0.29) is 12.2 Å². The molecule has 2 N–H and O–H groups in total. The molecule has 0 amide bonds. The van der Waals surface area contributed by atoms with Crippen molar-refractivity contribution in [2.24, 2.45) is 0 Å². The minimum atomic E-state index is -1.26. The van der Waals surface area contributed by atoms with Gasteiger partial charge in [-0.15, -0.1) is 14.8 Å². The molecule has 0 saturated carbocycles. The van der Waals surface area contributed by atoms with Crippen LogP contribution in [-0.2, 0) is 14.3 Å². The van der Waals surface area contributed by atoms with Gasteiger partial charge in [-0.2, -0.15) is 0 Å². The fraction of sp³-hybridized carbons (Fsp3) is 0.300. The van der Waals surface area contributed by atoms with E-state index < -0.39 is 11.9 Å². The molecule has 41 heavy (non-hydrogen) atoms. The molecule has 0 aliphatic carbocycles. The molecule has 2 aromatic heterocycles. The van der Waals surface area contributed by atoms with Crippen LogP contribution in [0, 0.1) is 0 Å². The van der Waals surface area contributed by atoms with E-state index in [2.05, 4.69) is 80.7 Å². The number of fused-ring (bicyclic) bond motifs is 1. The van der Waals surface area contributed by atoms with Gasteiger partial charge in [-0.3, -0.25) is 0 Å². The molecule has 3 heterocycles. The van der Waals surface area contributed by atoms with Crippen molar-refractivity contribution in [3.63, 3.8) is 0 Å². The topological polar surface area (TPSA) is 139 Å². The SMILES string of the molecule is O=C(O)/C=C/C(=O)O.c1ccc(C(OC2CCN(CCCOc3ccc4ncnn4n3)CC2)c2ccccc2)cc1. The van der Waals surface area contributed by atoms with Crippen LogP contribution in [0.5, 0.6) is 5.88 Å². The molecule has 1 aliphatic rings. The van der Waals surface area contributed by atoms with Crippen molar-refractivity contribution in [2.45, 2.75) is 31.5 Å². The summed E-state index contributed by atoms with van der Waals surface area (Å²) in [6.45, 7) is 3.74. The Balaban J connectivity index is 0.000000426. The van der Waals surface area contributed by atoms with Crippen LogP contribution in [0.4, 0.5) is 0 Å². The predicted octanol–water partition coefficient (Wildman–Crippen LogP) is 3.88. The van der Waals surface area contributed by atoms with Crippen LogP contribution in [0.3, 0.4) is 0 Å². The summed E-state index contributed by atoms with van der Waals surface area (Å²) < 4.78 is 13.9. The van der Waals surface area contributed by atoms with E-state index in [1.165, 1.54) is 22.1 Å². The van der Waals surface area contributed by atoms with Gasteiger partial charge in [0.25, 0.3) is 0 Å². The molecular weight excluding hydrogens is 526 g/mol. The first-order valence-corrected chi connectivity index (χ1v) is 13.4. The number of aliphatic carboxylic acids is 2. The first kappa shape index (κ1) is 29.4. The first-order chi connectivity index (χ1) is 20.0. The quantitative estimate of drug-likeness (QED) is 0.206. The van der Waals surface area contributed by atoms with E-state index in [1.54, 1.807) is 0 Å². The maximum Gasteiger partial charge on any atom is 0.328 e. The fourth-order valence-corrected chi connectivity index (χ4v) is 4.46. The van der Waals surface area contributed by atoms with Crippen molar-refractivity contribution >= 4 is 17.6 Å². The Kier molecular flexibility index (Phi) is 10.9. The Morgan fingerprint density at radius 1 is 0.902 bits per heavy atom. The van der Waals surface area contributed by atoms with Crippen molar-refractivity contribution in [3.8, 4) is 5.88 Å². The highest BCUT2D eigenvalue weighted by Crippen LogP contribution is 2.30. The molecule has 1 saturated heterocycles. The molecule has 0 atom stereocenters. The van der Waals surface area contributed by atoms with Crippen LogP contribution < -0.4 is 4.74 Å². The van der Waals surface area contributed by atoms with E-state index in [9.17, 15) is 9.59 Å². The molecule has 2 aromatic carbocycles. The van der Waals surface area contributed by atoms with Crippen molar-refractivity contribution in [3.05, 3.63) is 102 Å². The number of likely N-dealkylation sites (tertiary alicyclic amines) is 1. The minimum Gasteiger partial charge on any atom is -0.478 e. The van der Waals surface area contributed by atoms with Crippen molar-refractivity contribution < 1.29 is 29.3 Å². The number of aromatic nitrogens is 4. The Labute approximate surface area is 237 Å². The van der Waals surface area contributed by atoms with Gasteiger partial charge in [-0.25, -0.2) is 14.6 Å². The van der Waals surface area contributed by atoms with Crippen LogP contribution >= 0.6 is 0 Å². The molecule has 11 heteroatoms. The number of ether oxygens (including phenoxy) is 2. The average Bonchev–Trinajstić information content (AvgIpc) is 3.47. The Hall–Kier alpha value is -4.61. The highest BCUT2D eigenvalue weighted by Gasteiger charge is 2.24. The van der Waals surface area contributed by atoms with Crippen molar-refractivity contribution in [2.75, 3.05) is 26.2 Å². The van der Waals surface area contributed by atoms with Crippen LogP contribution in [0.25, 0.3) is 5.65 Å². The number of piperidine rings is 1. The summed E-state index contributed by atoms with van der Waals surface area (Å²) in [7, 11) is 0. The second kappa shape index (κ2) is 15.2. The number of benzene rings is 2. The third-order valence-electron chi connectivity index (χ3n) is 6.43. The monoisotopic (exact) mass is 559 g/mol. The summed E-state index contributed by atoms with van der Waals surface area (Å²) in [5, 5.41) is 24.0. The molecule has 0 unspecified atom stereocenters. The normalized spacial score (nSPS) is 14.2. The molecule has 1 aliphatic heterocycles. The molecule has 0 radical (unpaired) electrons. The number of carbonyl (C=O) groups is 2. The smallest absolute Gasteiger partial charge is 0.328 e. The number of nitrogens with zero attached hydrogens (tertiary/aromatic N) is 5. The van der Waals surface area contributed by atoms with Gasteiger partial charge in [0.2, 0.25) is 5.88 Å². The van der Waals surface area contributed by atoms with E-state index in [4.69, 9.17) is 19.7 Å². The first-order valence-electron chi connectivity index (χ1n) is 13.4. The lowest BCUT2D eigenvalue weighted by Gasteiger charge is -2.34. The standard InChI is InChI=1S/C26H29N5O2.C4H4O4/c1-3-8-21(9-4-1)26(22-10-5-2-6-11-22)33-23-14-17-30(18-15-23)16-7-19-32-25-13-12-24-27-20-28-31(24)29-25;5-3(6)1-2-4(7)8/h1-6,8-13,20,23,26H,7,14-19H2;1-2H,(H,5,6)(H,7,8)/b;2-1+. The van der Waals surface area contributed by atoms with Gasteiger partial charge in [0, 0.05) is 37.9 Å². The zero-order chi connectivity index (χ0) is 28.9. The summed E-state index contributed by atoms with van der Waals surface area (Å²) in [6, 6.07) is 24.7. The summed E-state index contributed by atoms with van der Waals surface area (Å²) in [4.78, 5) is 25.7. The van der Waals surface area contributed by atoms with E-state index in [0.29, 0.717) is 30.3 Å². The molecule has 11 nitrogen and oxygen atoms in total. The predicted molar refractivity (Wildman–Crippen MR) is 151 cm³/mol. The van der Waals surface area contributed by atoms with Gasteiger partial charge in [0.15, 0.2) is 5.65 Å². The fourth-order valence-electron chi connectivity index (χ4n) is 4.46. The van der Waals surface area contributed by atoms with Crippen molar-refractivity contribution in [1.82, 2.24) is 24.7 Å². The third kappa shape index (κ3) is 9.52. The largest absolute Gasteiger partial charge is 0.478 e. The van der Waals surface area contributed by atoms with E-state index in [1.807, 2.05) is 12.1 Å².